The smallest absolute Gasteiger partial charge is 0.181 e. The maximum atomic E-state index is 10.4. The average Bonchev–Trinajstić information content (AvgIpc) is 2.95. The van der Waals surface area contributed by atoms with Gasteiger partial charge in [-0.15, -0.1) is 0 Å². The molecule has 0 saturated carbocycles. The van der Waals surface area contributed by atoms with Crippen LogP contribution in [0.25, 0.3) is 0 Å². The number of methoxy groups -OCH3 is 2. The molecule has 0 bridgehead atoms. The van der Waals surface area contributed by atoms with Gasteiger partial charge in [0.1, 0.15) is 0 Å². The van der Waals surface area contributed by atoms with Crippen molar-refractivity contribution in [3.8, 4) is 11.5 Å². The Balaban J connectivity index is 1.86. The van der Waals surface area contributed by atoms with Crippen molar-refractivity contribution in [3.63, 3.8) is 0 Å². The minimum atomic E-state index is -0.910. The summed E-state index contributed by atoms with van der Waals surface area (Å²) in [6.07, 6.45) is 3.37. The van der Waals surface area contributed by atoms with Gasteiger partial charge in [0.15, 0.2) is 17.8 Å². The molecule has 1 aliphatic carbocycles. The third kappa shape index (κ3) is 2.18. The summed E-state index contributed by atoms with van der Waals surface area (Å²) in [6.45, 7) is 1.07. The fourth-order valence-electron chi connectivity index (χ4n) is 4.38. The van der Waals surface area contributed by atoms with Crippen LogP contribution in [0.5, 0.6) is 11.5 Å². The summed E-state index contributed by atoms with van der Waals surface area (Å²) < 4.78 is 16.8. The summed E-state index contributed by atoms with van der Waals surface area (Å²) in [4.78, 5) is 2.39. The third-order valence-electron chi connectivity index (χ3n) is 5.48. The van der Waals surface area contributed by atoms with Gasteiger partial charge in [-0.05, 0) is 37.6 Å². The van der Waals surface area contributed by atoms with Crippen LogP contribution >= 0.6 is 0 Å². The van der Waals surface area contributed by atoms with E-state index in [1.54, 1.807) is 14.2 Å². The summed E-state index contributed by atoms with van der Waals surface area (Å²) >= 11 is 0. The molecule has 1 saturated heterocycles. The highest BCUT2D eigenvalue weighted by molar-refractivity contribution is 5.52. The molecular formula is C18H23NO4. The lowest BCUT2D eigenvalue weighted by Crippen LogP contribution is -2.44. The van der Waals surface area contributed by atoms with Gasteiger partial charge >= 0.3 is 0 Å². The molecule has 2 aliphatic heterocycles. The number of hydrogen-bond acceptors (Lipinski definition) is 5. The predicted molar refractivity (Wildman–Crippen MR) is 85.9 cm³/mol. The van der Waals surface area contributed by atoms with Crippen molar-refractivity contribution >= 4 is 0 Å². The number of aliphatic hydroxyl groups is 1. The first-order valence-electron chi connectivity index (χ1n) is 8.12. The highest BCUT2D eigenvalue weighted by Crippen LogP contribution is 2.50. The van der Waals surface area contributed by atoms with Crippen LogP contribution in [0.3, 0.4) is 0 Å². The SMILES string of the molecule is COc1cc2c(cc1OC)C1[C@H]3C(=CC[C@H]1OC2O)CCN3C. The number of ether oxygens (including phenoxy) is 3. The van der Waals surface area contributed by atoms with Crippen molar-refractivity contribution in [1.29, 1.82) is 0 Å². The Kier molecular flexibility index (Phi) is 3.59. The lowest BCUT2D eigenvalue weighted by molar-refractivity contribution is -0.162. The van der Waals surface area contributed by atoms with E-state index in [0.717, 1.165) is 30.5 Å². The van der Waals surface area contributed by atoms with E-state index in [4.69, 9.17) is 14.2 Å². The van der Waals surface area contributed by atoms with Crippen molar-refractivity contribution in [2.75, 3.05) is 27.8 Å². The molecule has 3 aliphatic rings. The van der Waals surface area contributed by atoms with Gasteiger partial charge in [-0.3, -0.25) is 4.90 Å². The minimum Gasteiger partial charge on any atom is -0.493 e. The molecule has 4 atom stereocenters. The van der Waals surface area contributed by atoms with E-state index in [1.165, 1.54) is 5.57 Å². The Labute approximate surface area is 136 Å². The number of fused-ring (bicyclic) bond motifs is 5. The molecule has 0 spiro atoms. The molecule has 5 heteroatoms. The molecule has 1 N–H and O–H groups in total. The summed E-state index contributed by atoms with van der Waals surface area (Å²) in [5.74, 6) is 1.55. The zero-order valence-electron chi connectivity index (χ0n) is 13.8. The summed E-state index contributed by atoms with van der Waals surface area (Å²) in [5, 5.41) is 10.4. The Bertz CT molecular complexity index is 657. The Hall–Kier alpha value is -1.56. The van der Waals surface area contributed by atoms with Gasteiger partial charge in [-0.1, -0.05) is 11.6 Å². The molecule has 124 valence electrons. The topological polar surface area (TPSA) is 51.2 Å². The van der Waals surface area contributed by atoms with E-state index in [2.05, 4.69) is 18.0 Å². The van der Waals surface area contributed by atoms with Crippen LogP contribution in [0.2, 0.25) is 0 Å². The highest BCUT2D eigenvalue weighted by atomic mass is 16.6. The molecule has 2 heterocycles. The molecule has 1 aromatic carbocycles. The largest absolute Gasteiger partial charge is 0.493 e. The van der Waals surface area contributed by atoms with Crippen LogP contribution in [0.4, 0.5) is 0 Å². The Morgan fingerprint density at radius 1 is 1.17 bits per heavy atom. The maximum absolute atomic E-state index is 10.4. The van der Waals surface area contributed by atoms with Gasteiger partial charge in [-0.25, -0.2) is 0 Å². The van der Waals surface area contributed by atoms with Crippen LogP contribution in [-0.4, -0.2) is 50.0 Å². The molecule has 0 aromatic heterocycles. The highest BCUT2D eigenvalue weighted by Gasteiger charge is 2.46. The van der Waals surface area contributed by atoms with E-state index in [0.29, 0.717) is 17.5 Å². The molecule has 0 amide bonds. The first kappa shape index (κ1) is 15.0. The van der Waals surface area contributed by atoms with Gasteiger partial charge in [-0.2, -0.15) is 0 Å². The first-order valence-corrected chi connectivity index (χ1v) is 8.12. The molecular weight excluding hydrogens is 294 g/mol. The third-order valence-corrected chi connectivity index (χ3v) is 5.48. The predicted octanol–water partition coefficient (Wildman–Crippen LogP) is 2.21. The summed E-state index contributed by atoms with van der Waals surface area (Å²) in [6, 6.07) is 4.22. The van der Waals surface area contributed by atoms with Gasteiger partial charge in [0, 0.05) is 24.1 Å². The van der Waals surface area contributed by atoms with Crippen LogP contribution in [0.15, 0.2) is 23.8 Å². The number of hydrogen-bond donors (Lipinski definition) is 1. The molecule has 0 radical (unpaired) electrons. The van der Waals surface area contributed by atoms with Gasteiger partial charge in [0.2, 0.25) is 0 Å². The van der Waals surface area contributed by atoms with E-state index < -0.39 is 6.29 Å². The van der Waals surface area contributed by atoms with Crippen LogP contribution in [0, 0.1) is 0 Å². The van der Waals surface area contributed by atoms with Gasteiger partial charge in [0.25, 0.3) is 0 Å². The first-order chi connectivity index (χ1) is 11.1. The number of nitrogens with zero attached hydrogens (tertiary/aromatic N) is 1. The summed E-state index contributed by atoms with van der Waals surface area (Å²) in [5.41, 5.74) is 3.41. The van der Waals surface area contributed by atoms with Crippen LogP contribution in [-0.2, 0) is 4.74 Å². The molecule has 5 nitrogen and oxygen atoms in total. The second-order valence-electron chi connectivity index (χ2n) is 6.58. The Morgan fingerprint density at radius 3 is 2.57 bits per heavy atom. The zero-order valence-corrected chi connectivity index (χ0v) is 13.8. The lowest BCUT2D eigenvalue weighted by atomic mass is 9.74. The number of likely N-dealkylation sites (N-methyl/N-ethyl adjacent to an activating group) is 1. The zero-order chi connectivity index (χ0) is 16.1. The van der Waals surface area contributed by atoms with E-state index >= 15 is 0 Å². The molecule has 2 unspecified atom stereocenters. The van der Waals surface area contributed by atoms with Crippen LogP contribution < -0.4 is 9.47 Å². The molecule has 1 fully saturated rings. The number of aliphatic hydroxyl groups excluding tert-OH is 1. The normalized spacial score (nSPS) is 32.6. The minimum absolute atomic E-state index is 0.00454. The lowest BCUT2D eigenvalue weighted by Gasteiger charge is -2.44. The number of benzene rings is 1. The van der Waals surface area contributed by atoms with Crippen molar-refractivity contribution in [3.05, 3.63) is 34.9 Å². The fourth-order valence-corrected chi connectivity index (χ4v) is 4.38. The monoisotopic (exact) mass is 317 g/mol. The Morgan fingerprint density at radius 2 is 1.87 bits per heavy atom. The van der Waals surface area contributed by atoms with Crippen LogP contribution in [0.1, 0.15) is 36.2 Å². The second kappa shape index (κ2) is 5.51. The van der Waals surface area contributed by atoms with Crippen molar-refractivity contribution in [1.82, 2.24) is 4.90 Å². The van der Waals surface area contributed by atoms with Crippen molar-refractivity contribution in [2.24, 2.45) is 0 Å². The molecule has 1 aromatic rings. The number of likely N-dealkylation sites (tertiary alicyclic amines) is 1. The quantitative estimate of drug-likeness (QED) is 0.848. The number of rotatable bonds is 2. The van der Waals surface area contributed by atoms with Crippen molar-refractivity contribution < 1.29 is 19.3 Å². The van der Waals surface area contributed by atoms with E-state index in [-0.39, 0.29) is 12.0 Å². The van der Waals surface area contributed by atoms with E-state index in [1.807, 2.05) is 12.1 Å². The summed E-state index contributed by atoms with van der Waals surface area (Å²) in [7, 11) is 5.42. The van der Waals surface area contributed by atoms with Gasteiger partial charge < -0.3 is 19.3 Å². The van der Waals surface area contributed by atoms with E-state index in [9.17, 15) is 5.11 Å². The van der Waals surface area contributed by atoms with Gasteiger partial charge in [0.05, 0.1) is 20.3 Å². The fraction of sp³-hybridized carbons (Fsp3) is 0.556. The average molecular weight is 317 g/mol. The molecule has 23 heavy (non-hydrogen) atoms. The standard InChI is InChI=1S/C18H23NO4/c1-19-7-6-10-4-5-13-16(17(10)19)11-8-14(21-2)15(22-3)9-12(11)18(20)23-13/h4,8-9,13,16-18,20H,5-7H2,1-3H3/t13-,16?,17-,18?/m1/s1. The molecule has 4 rings (SSSR count). The van der Waals surface area contributed by atoms with Crippen molar-refractivity contribution in [2.45, 2.75) is 37.2 Å². The second-order valence-corrected chi connectivity index (χ2v) is 6.58. The maximum Gasteiger partial charge on any atom is 0.181 e.